The lowest BCUT2D eigenvalue weighted by Gasteiger charge is -2.30. The number of hydrogen-bond acceptors (Lipinski definition) is 5. The number of nitrogens with one attached hydrogen (secondary N) is 1. The highest BCUT2D eigenvalue weighted by Gasteiger charge is 2.29. The summed E-state index contributed by atoms with van der Waals surface area (Å²) >= 11 is 6.17. The number of benzene rings is 2. The van der Waals surface area contributed by atoms with Gasteiger partial charge in [0.2, 0.25) is 5.91 Å². The summed E-state index contributed by atoms with van der Waals surface area (Å²) < 4.78 is 11.1. The number of Topliss-reactive ketones (excluding diaryl/α,β-unsaturated/α-hetero) is 1. The van der Waals surface area contributed by atoms with E-state index in [-0.39, 0.29) is 43.4 Å². The molecular formula is C25H27ClN2O5. The molecule has 174 valence electrons. The van der Waals surface area contributed by atoms with Gasteiger partial charge in [-0.1, -0.05) is 36.9 Å². The predicted molar refractivity (Wildman–Crippen MR) is 125 cm³/mol. The van der Waals surface area contributed by atoms with E-state index in [4.69, 9.17) is 21.1 Å². The molecule has 0 radical (unpaired) electrons. The van der Waals surface area contributed by atoms with Crippen LogP contribution < -0.4 is 19.7 Å². The Labute approximate surface area is 198 Å². The standard InChI is InChI=1S/C25H27ClN2O5/c1-16-7-9-22(19(26)11-16)32-14-21(29)17-8-10-23-20(12-17)28(25(31)15-33-23)13-24(30)27-18-5-3-2-4-6-18/h7-12,18H,2-6,13-15H2,1H3,(H,27,30). The van der Waals surface area contributed by atoms with Gasteiger partial charge in [0.25, 0.3) is 5.91 Å². The third-order valence-corrected chi connectivity index (χ3v) is 6.24. The number of ether oxygens (including phenoxy) is 2. The van der Waals surface area contributed by atoms with Crippen molar-refractivity contribution in [3.05, 3.63) is 52.5 Å². The maximum absolute atomic E-state index is 12.8. The Kier molecular flexibility index (Phi) is 7.18. The molecule has 1 N–H and O–H groups in total. The summed E-state index contributed by atoms with van der Waals surface area (Å²) in [7, 11) is 0. The van der Waals surface area contributed by atoms with Crippen molar-refractivity contribution >= 4 is 34.9 Å². The van der Waals surface area contributed by atoms with E-state index in [1.807, 2.05) is 13.0 Å². The van der Waals surface area contributed by atoms with Crippen LogP contribution in [-0.4, -0.2) is 43.4 Å². The molecule has 1 aliphatic heterocycles. The van der Waals surface area contributed by atoms with Crippen molar-refractivity contribution in [1.82, 2.24) is 5.32 Å². The van der Waals surface area contributed by atoms with E-state index in [0.29, 0.717) is 27.8 Å². The zero-order valence-electron chi connectivity index (χ0n) is 18.6. The fourth-order valence-corrected chi connectivity index (χ4v) is 4.45. The zero-order chi connectivity index (χ0) is 23.4. The van der Waals surface area contributed by atoms with E-state index in [1.165, 1.54) is 11.3 Å². The molecule has 4 rings (SSSR count). The van der Waals surface area contributed by atoms with Gasteiger partial charge in [-0.05, 0) is 55.7 Å². The third kappa shape index (κ3) is 5.66. The summed E-state index contributed by atoms with van der Waals surface area (Å²) in [5.74, 6) is 0.0667. The zero-order valence-corrected chi connectivity index (χ0v) is 19.3. The maximum atomic E-state index is 12.8. The van der Waals surface area contributed by atoms with Gasteiger partial charge in [0.05, 0.1) is 10.7 Å². The number of fused-ring (bicyclic) bond motifs is 1. The van der Waals surface area contributed by atoms with Crippen molar-refractivity contribution in [2.75, 3.05) is 24.7 Å². The highest BCUT2D eigenvalue weighted by molar-refractivity contribution is 6.32. The number of amides is 2. The lowest BCUT2D eigenvalue weighted by molar-refractivity contribution is -0.125. The number of anilines is 1. The molecule has 1 saturated carbocycles. The van der Waals surface area contributed by atoms with Gasteiger partial charge >= 0.3 is 0 Å². The highest BCUT2D eigenvalue weighted by Crippen LogP contribution is 2.33. The molecular weight excluding hydrogens is 444 g/mol. The van der Waals surface area contributed by atoms with Crippen LogP contribution in [0.25, 0.3) is 0 Å². The number of hydrogen-bond donors (Lipinski definition) is 1. The van der Waals surface area contributed by atoms with Crippen molar-refractivity contribution < 1.29 is 23.9 Å². The third-order valence-electron chi connectivity index (χ3n) is 5.94. The molecule has 7 nitrogen and oxygen atoms in total. The summed E-state index contributed by atoms with van der Waals surface area (Å²) in [6.07, 6.45) is 5.32. The first kappa shape index (κ1) is 23.1. The van der Waals surface area contributed by atoms with Crippen molar-refractivity contribution in [3.63, 3.8) is 0 Å². The average Bonchev–Trinajstić information content (AvgIpc) is 2.80. The van der Waals surface area contributed by atoms with Crippen molar-refractivity contribution in [3.8, 4) is 11.5 Å². The van der Waals surface area contributed by atoms with E-state index in [1.54, 1.807) is 30.3 Å². The fourth-order valence-electron chi connectivity index (χ4n) is 4.16. The summed E-state index contributed by atoms with van der Waals surface area (Å²) in [5, 5.41) is 3.46. The minimum Gasteiger partial charge on any atom is -0.484 e. The minimum atomic E-state index is -0.325. The number of rotatable bonds is 7. The van der Waals surface area contributed by atoms with Gasteiger partial charge in [-0.25, -0.2) is 0 Å². The highest BCUT2D eigenvalue weighted by atomic mass is 35.5. The van der Waals surface area contributed by atoms with Gasteiger partial charge in [0, 0.05) is 11.6 Å². The Hall–Kier alpha value is -3.06. The van der Waals surface area contributed by atoms with Crippen LogP contribution in [0.2, 0.25) is 5.02 Å². The average molecular weight is 471 g/mol. The van der Waals surface area contributed by atoms with E-state index >= 15 is 0 Å². The van der Waals surface area contributed by atoms with Crippen LogP contribution in [0.3, 0.4) is 0 Å². The van der Waals surface area contributed by atoms with Gasteiger partial charge in [-0.2, -0.15) is 0 Å². The number of aryl methyl sites for hydroxylation is 1. The number of carbonyl (C=O) groups excluding carboxylic acids is 3. The number of carbonyl (C=O) groups is 3. The Bertz CT molecular complexity index is 1060. The lowest BCUT2D eigenvalue weighted by Crippen LogP contribution is -2.47. The second-order valence-electron chi connectivity index (χ2n) is 8.50. The van der Waals surface area contributed by atoms with Crippen LogP contribution in [0.5, 0.6) is 11.5 Å². The Balaban J connectivity index is 1.45. The summed E-state index contributed by atoms with van der Waals surface area (Å²) in [4.78, 5) is 39.3. The van der Waals surface area contributed by atoms with Gasteiger partial charge in [-0.15, -0.1) is 0 Å². The Morgan fingerprint density at radius 3 is 2.70 bits per heavy atom. The fraction of sp³-hybridized carbons (Fsp3) is 0.400. The number of nitrogens with zero attached hydrogens (tertiary/aromatic N) is 1. The van der Waals surface area contributed by atoms with Crippen molar-refractivity contribution in [1.29, 1.82) is 0 Å². The number of ketones is 1. The van der Waals surface area contributed by atoms with Gasteiger partial charge in [0.1, 0.15) is 18.0 Å². The monoisotopic (exact) mass is 470 g/mol. The second kappa shape index (κ2) is 10.3. The van der Waals surface area contributed by atoms with Crippen LogP contribution in [0.15, 0.2) is 36.4 Å². The molecule has 1 aliphatic carbocycles. The van der Waals surface area contributed by atoms with Crippen LogP contribution in [0.4, 0.5) is 5.69 Å². The molecule has 0 aromatic heterocycles. The Morgan fingerprint density at radius 2 is 1.94 bits per heavy atom. The molecule has 0 bridgehead atoms. The molecule has 0 atom stereocenters. The van der Waals surface area contributed by atoms with Crippen molar-refractivity contribution in [2.24, 2.45) is 0 Å². The largest absolute Gasteiger partial charge is 0.484 e. The quantitative estimate of drug-likeness (QED) is 0.616. The smallest absolute Gasteiger partial charge is 0.265 e. The maximum Gasteiger partial charge on any atom is 0.265 e. The molecule has 8 heteroatoms. The second-order valence-corrected chi connectivity index (χ2v) is 8.91. The normalized spacial score (nSPS) is 16.1. The van der Waals surface area contributed by atoms with Gasteiger partial charge in [-0.3, -0.25) is 19.3 Å². The first-order valence-corrected chi connectivity index (χ1v) is 11.6. The molecule has 1 fully saturated rings. The van der Waals surface area contributed by atoms with E-state index < -0.39 is 0 Å². The molecule has 2 aromatic rings. The first-order valence-electron chi connectivity index (χ1n) is 11.2. The topological polar surface area (TPSA) is 84.9 Å². The summed E-state index contributed by atoms with van der Waals surface area (Å²) in [6.45, 7) is 1.45. The van der Waals surface area contributed by atoms with Gasteiger partial charge < -0.3 is 14.8 Å². The predicted octanol–water partition coefficient (Wildman–Crippen LogP) is 4.08. The molecule has 2 amide bonds. The molecule has 2 aromatic carbocycles. The molecule has 2 aliphatic rings. The molecule has 1 heterocycles. The van der Waals surface area contributed by atoms with Crippen LogP contribution in [0, 0.1) is 6.92 Å². The van der Waals surface area contributed by atoms with Crippen LogP contribution in [0.1, 0.15) is 48.0 Å². The van der Waals surface area contributed by atoms with E-state index in [2.05, 4.69) is 5.32 Å². The molecule has 0 unspecified atom stereocenters. The molecule has 0 saturated heterocycles. The van der Waals surface area contributed by atoms with Crippen LogP contribution in [-0.2, 0) is 9.59 Å². The van der Waals surface area contributed by atoms with Crippen molar-refractivity contribution in [2.45, 2.75) is 45.1 Å². The number of halogens is 1. The van der Waals surface area contributed by atoms with Crippen LogP contribution >= 0.6 is 11.6 Å². The van der Waals surface area contributed by atoms with E-state index in [0.717, 1.165) is 31.2 Å². The first-order chi connectivity index (χ1) is 15.9. The molecule has 33 heavy (non-hydrogen) atoms. The minimum absolute atomic E-state index is 0.112. The molecule has 0 spiro atoms. The summed E-state index contributed by atoms with van der Waals surface area (Å²) in [5.41, 5.74) is 1.75. The summed E-state index contributed by atoms with van der Waals surface area (Å²) in [6, 6.07) is 10.3. The SMILES string of the molecule is Cc1ccc(OCC(=O)c2ccc3c(c2)N(CC(=O)NC2CCCCC2)C(=O)CO3)c(Cl)c1. The Morgan fingerprint density at radius 1 is 1.15 bits per heavy atom. The lowest BCUT2D eigenvalue weighted by atomic mass is 9.95. The van der Waals surface area contributed by atoms with Gasteiger partial charge in [0.15, 0.2) is 19.0 Å². The van der Waals surface area contributed by atoms with E-state index in [9.17, 15) is 14.4 Å².